The lowest BCUT2D eigenvalue weighted by atomic mass is 10.0. The molecular weight excluding hydrogens is 266 g/mol. The van der Waals surface area contributed by atoms with Crippen LogP contribution in [0.5, 0.6) is 0 Å². The van der Waals surface area contributed by atoms with Crippen LogP contribution in [0.25, 0.3) is 0 Å². The minimum absolute atomic E-state index is 0.218. The van der Waals surface area contributed by atoms with Crippen molar-refractivity contribution in [3.63, 3.8) is 0 Å². The molecule has 0 spiro atoms. The Hall–Kier alpha value is -1.81. The molecule has 1 aliphatic heterocycles. The van der Waals surface area contributed by atoms with E-state index >= 15 is 0 Å². The zero-order valence-electron chi connectivity index (χ0n) is 11.2. The van der Waals surface area contributed by atoms with E-state index in [2.05, 4.69) is 45.6 Å². The second-order valence-corrected chi connectivity index (χ2v) is 5.79. The summed E-state index contributed by atoms with van der Waals surface area (Å²) in [4.78, 5) is 8.73. The molecule has 1 aromatic heterocycles. The zero-order valence-corrected chi connectivity index (χ0v) is 12.0. The lowest BCUT2D eigenvalue weighted by Crippen LogP contribution is -2.27. The van der Waals surface area contributed by atoms with Crippen molar-refractivity contribution in [2.45, 2.75) is 12.5 Å². The number of hydrogen-bond donors (Lipinski definition) is 1. The Morgan fingerprint density at radius 2 is 2.05 bits per heavy atom. The first-order valence-corrected chi connectivity index (χ1v) is 7.78. The Kier molecular flexibility index (Phi) is 4.33. The van der Waals surface area contributed by atoms with Gasteiger partial charge in [-0.05, 0) is 23.6 Å². The van der Waals surface area contributed by atoms with Gasteiger partial charge in [-0.15, -0.1) is 0 Å². The second kappa shape index (κ2) is 6.57. The van der Waals surface area contributed by atoms with Gasteiger partial charge in [0.2, 0.25) is 0 Å². The highest BCUT2D eigenvalue weighted by atomic mass is 32.2. The van der Waals surface area contributed by atoms with Crippen LogP contribution < -0.4 is 5.32 Å². The molecule has 2 heterocycles. The van der Waals surface area contributed by atoms with E-state index in [0.717, 1.165) is 23.9 Å². The third-order valence-electron chi connectivity index (χ3n) is 3.25. The van der Waals surface area contributed by atoms with Crippen LogP contribution in [0.15, 0.2) is 59.9 Å². The fourth-order valence-corrected chi connectivity index (χ4v) is 3.04. The fourth-order valence-electron chi connectivity index (χ4n) is 2.26. The topological polar surface area (TPSA) is 37.3 Å². The quantitative estimate of drug-likeness (QED) is 0.937. The minimum atomic E-state index is 0.218. The molecule has 0 bridgehead atoms. The number of thioether (sulfide) groups is 1. The summed E-state index contributed by atoms with van der Waals surface area (Å²) in [6.07, 6.45) is 4.68. The van der Waals surface area contributed by atoms with Crippen molar-refractivity contribution in [2.75, 3.05) is 12.3 Å². The lowest BCUT2D eigenvalue weighted by Gasteiger charge is -2.19. The van der Waals surface area contributed by atoms with Crippen molar-refractivity contribution in [1.29, 1.82) is 0 Å². The number of rotatable bonds is 4. The molecule has 0 aliphatic carbocycles. The molecule has 1 aliphatic rings. The number of nitrogens with zero attached hydrogens (tertiary/aromatic N) is 2. The highest BCUT2D eigenvalue weighted by Gasteiger charge is 2.16. The van der Waals surface area contributed by atoms with Gasteiger partial charge >= 0.3 is 0 Å². The summed E-state index contributed by atoms with van der Waals surface area (Å²) < 4.78 is 0. The molecule has 0 fully saturated rings. The number of hydrogen-bond acceptors (Lipinski definition) is 4. The Morgan fingerprint density at radius 3 is 2.75 bits per heavy atom. The molecule has 1 aromatic carbocycles. The molecular formula is C16H17N3S. The summed E-state index contributed by atoms with van der Waals surface area (Å²) in [6.45, 7) is 0.915. The first-order valence-electron chi connectivity index (χ1n) is 6.79. The summed E-state index contributed by atoms with van der Waals surface area (Å²) in [5, 5.41) is 4.60. The van der Waals surface area contributed by atoms with Gasteiger partial charge < -0.3 is 5.32 Å². The molecule has 102 valence electrons. The maximum Gasteiger partial charge on any atom is 0.157 e. The number of aliphatic imine (C=N–C) groups is 1. The van der Waals surface area contributed by atoms with Crippen molar-refractivity contribution in [1.82, 2.24) is 10.3 Å². The SMILES string of the molecule is c1ccc(CC(NC2=NCCS2)c2cccnc2)cc1. The van der Waals surface area contributed by atoms with E-state index < -0.39 is 0 Å². The van der Waals surface area contributed by atoms with E-state index in [4.69, 9.17) is 0 Å². The third kappa shape index (κ3) is 3.39. The van der Waals surface area contributed by atoms with Gasteiger partial charge in [0, 0.05) is 18.1 Å². The first-order chi connectivity index (χ1) is 9.92. The van der Waals surface area contributed by atoms with Crippen LogP contribution in [0.1, 0.15) is 17.2 Å². The fraction of sp³-hybridized carbons (Fsp3) is 0.250. The molecule has 1 N–H and O–H groups in total. The van der Waals surface area contributed by atoms with E-state index in [1.807, 2.05) is 24.5 Å². The van der Waals surface area contributed by atoms with Gasteiger partial charge in [-0.2, -0.15) is 0 Å². The second-order valence-electron chi connectivity index (χ2n) is 4.71. The van der Waals surface area contributed by atoms with Crippen molar-refractivity contribution >= 4 is 16.9 Å². The van der Waals surface area contributed by atoms with Gasteiger partial charge in [-0.3, -0.25) is 9.98 Å². The molecule has 1 atom stereocenters. The van der Waals surface area contributed by atoms with Crippen molar-refractivity contribution < 1.29 is 0 Å². The van der Waals surface area contributed by atoms with Gasteiger partial charge in [0.1, 0.15) is 0 Å². The Morgan fingerprint density at radius 1 is 1.15 bits per heavy atom. The normalized spacial score (nSPS) is 15.7. The van der Waals surface area contributed by atoms with E-state index in [1.54, 1.807) is 11.8 Å². The molecule has 0 amide bonds. The Bertz CT molecular complexity index is 569. The van der Waals surface area contributed by atoms with E-state index in [0.29, 0.717) is 0 Å². The summed E-state index contributed by atoms with van der Waals surface area (Å²) in [6, 6.07) is 14.9. The molecule has 0 radical (unpaired) electrons. The van der Waals surface area contributed by atoms with Gasteiger partial charge in [0.15, 0.2) is 5.17 Å². The molecule has 3 rings (SSSR count). The lowest BCUT2D eigenvalue weighted by molar-refractivity contribution is 0.645. The van der Waals surface area contributed by atoms with Crippen molar-refractivity contribution in [2.24, 2.45) is 4.99 Å². The van der Waals surface area contributed by atoms with Gasteiger partial charge in [0.25, 0.3) is 0 Å². The van der Waals surface area contributed by atoms with Crippen LogP contribution in [0.2, 0.25) is 0 Å². The maximum atomic E-state index is 4.49. The van der Waals surface area contributed by atoms with E-state index in [9.17, 15) is 0 Å². The highest BCUT2D eigenvalue weighted by molar-refractivity contribution is 8.14. The Labute approximate surface area is 123 Å². The summed E-state index contributed by atoms with van der Waals surface area (Å²) in [5.41, 5.74) is 2.52. The average Bonchev–Trinajstić information content (AvgIpc) is 3.02. The van der Waals surface area contributed by atoms with Crippen LogP contribution in [0.4, 0.5) is 0 Å². The number of amidine groups is 1. The molecule has 0 saturated carbocycles. The standard InChI is InChI=1S/C16H17N3S/c1-2-5-13(6-3-1)11-15(14-7-4-8-17-12-14)19-16-18-9-10-20-16/h1-8,12,15H,9-11H2,(H,18,19). The number of pyridine rings is 1. The van der Waals surface area contributed by atoms with Crippen molar-refractivity contribution in [3.05, 3.63) is 66.0 Å². The number of benzene rings is 1. The third-order valence-corrected chi connectivity index (χ3v) is 4.16. The van der Waals surface area contributed by atoms with Crippen LogP contribution in [-0.4, -0.2) is 22.4 Å². The highest BCUT2D eigenvalue weighted by Crippen LogP contribution is 2.20. The van der Waals surface area contributed by atoms with Gasteiger partial charge in [0.05, 0.1) is 12.6 Å². The van der Waals surface area contributed by atoms with Crippen molar-refractivity contribution in [3.8, 4) is 0 Å². The Balaban J connectivity index is 1.79. The number of aromatic nitrogens is 1. The number of nitrogens with one attached hydrogen (secondary N) is 1. The molecule has 20 heavy (non-hydrogen) atoms. The first kappa shape index (κ1) is 13.2. The molecule has 1 unspecified atom stereocenters. The van der Waals surface area contributed by atoms with Crippen LogP contribution in [0.3, 0.4) is 0 Å². The van der Waals surface area contributed by atoms with E-state index in [-0.39, 0.29) is 6.04 Å². The summed E-state index contributed by atoms with van der Waals surface area (Å²) in [5.74, 6) is 1.08. The van der Waals surface area contributed by atoms with E-state index in [1.165, 1.54) is 11.1 Å². The summed E-state index contributed by atoms with van der Waals surface area (Å²) >= 11 is 1.79. The van der Waals surface area contributed by atoms with Crippen LogP contribution >= 0.6 is 11.8 Å². The molecule has 0 saturated heterocycles. The van der Waals surface area contributed by atoms with Crippen LogP contribution in [-0.2, 0) is 6.42 Å². The largest absolute Gasteiger partial charge is 0.358 e. The van der Waals surface area contributed by atoms with Crippen LogP contribution in [0, 0.1) is 0 Å². The average molecular weight is 283 g/mol. The smallest absolute Gasteiger partial charge is 0.157 e. The minimum Gasteiger partial charge on any atom is -0.358 e. The summed E-state index contributed by atoms with van der Waals surface area (Å²) in [7, 11) is 0. The van der Waals surface area contributed by atoms with Gasteiger partial charge in [-0.1, -0.05) is 48.2 Å². The predicted octanol–water partition coefficient (Wildman–Crippen LogP) is 3.06. The van der Waals surface area contributed by atoms with Gasteiger partial charge in [-0.25, -0.2) is 0 Å². The molecule has 4 heteroatoms. The molecule has 3 nitrogen and oxygen atoms in total. The maximum absolute atomic E-state index is 4.49. The monoisotopic (exact) mass is 283 g/mol. The molecule has 2 aromatic rings. The zero-order chi connectivity index (χ0) is 13.6. The predicted molar refractivity (Wildman–Crippen MR) is 85.0 cm³/mol.